The highest BCUT2D eigenvalue weighted by Crippen LogP contribution is 2.35. The molecule has 2 bridgehead atoms. The molecule has 186 valence electrons. The first-order valence-corrected chi connectivity index (χ1v) is 12.7. The number of carbonyl (C=O) groups excluding carboxylic acids is 2. The minimum absolute atomic E-state index is 0.00185. The van der Waals surface area contributed by atoms with Crippen LogP contribution in [0.4, 0.5) is 10.5 Å². The second-order valence-electron chi connectivity index (χ2n) is 9.41. The highest BCUT2D eigenvalue weighted by molar-refractivity contribution is 6.42. The molecule has 3 atom stereocenters. The van der Waals surface area contributed by atoms with Crippen molar-refractivity contribution in [2.24, 2.45) is 5.92 Å². The van der Waals surface area contributed by atoms with Gasteiger partial charge in [-0.15, -0.1) is 0 Å². The third-order valence-corrected chi connectivity index (χ3v) is 7.59. The summed E-state index contributed by atoms with van der Waals surface area (Å²) in [5, 5.41) is 6.52. The van der Waals surface area contributed by atoms with E-state index in [2.05, 4.69) is 10.6 Å². The zero-order valence-corrected chi connectivity index (χ0v) is 21.0. The molecule has 0 saturated carbocycles. The lowest BCUT2D eigenvalue weighted by molar-refractivity contribution is -0.118. The van der Waals surface area contributed by atoms with Crippen LogP contribution in [0, 0.1) is 5.92 Å². The Hall–Kier alpha value is -3.29. The second kappa shape index (κ2) is 10.4. The largest absolute Gasteiger partial charge is 0.326 e. The van der Waals surface area contributed by atoms with Crippen molar-refractivity contribution < 1.29 is 9.59 Å². The molecular formula is C27H26Cl2N4O3. The molecule has 2 unspecified atom stereocenters. The van der Waals surface area contributed by atoms with E-state index < -0.39 is 6.04 Å². The van der Waals surface area contributed by atoms with Crippen molar-refractivity contribution >= 4 is 40.8 Å². The van der Waals surface area contributed by atoms with E-state index in [1.807, 2.05) is 41.0 Å². The molecule has 3 heterocycles. The molecular weight excluding hydrogens is 499 g/mol. The van der Waals surface area contributed by atoms with Gasteiger partial charge in [-0.1, -0.05) is 59.6 Å². The zero-order chi connectivity index (χ0) is 25.2. The van der Waals surface area contributed by atoms with Gasteiger partial charge in [-0.3, -0.25) is 9.59 Å². The summed E-state index contributed by atoms with van der Waals surface area (Å²) >= 11 is 12.1. The molecule has 5 rings (SSSR count). The maximum Gasteiger partial charge on any atom is 0.318 e. The smallest absolute Gasteiger partial charge is 0.318 e. The third kappa shape index (κ3) is 5.27. The van der Waals surface area contributed by atoms with Crippen molar-refractivity contribution in [2.75, 3.05) is 18.4 Å². The number of rotatable bonds is 5. The summed E-state index contributed by atoms with van der Waals surface area (Å²) in [6.45, 7) is 1.63. The topological polar surface area (TPSA) is 83.4 Å². The van der Waals surface area contributed by atoms with E-state index in [1.54, 1.807) is 35.2 Å². The fourth-order valence-electron chi connectivity index (χ4n) is 5.16. The monoisotopic (exact) mass is 524 g/mol. The quantitative estimate of drug-likeness (QED) is 0.514. The van der Waals surface area contributed by atoms with Crippen LogP contribution in [-0.4, -0.2) is 40.5 Å². The molecule has 2 N–H and O–H groups in total. The molecule has 2 aliphatic heterocycles. The number of hydrogen-bond donors (Lipinski definition) is 2. The average molecular weight is 525 g/mol. The van der Waals surface area contributed by atoms with Crippen LogP contribution in [0.25, 0.3) is 0 Å². The van der Waals surface area contributed by atoms with Crippen LogP contribution in [0.1, 0.15) is 23.6 Å². The predicted molar refractivity (Wildman–Crippen MR) is 141 cm³/mol. The Balaban J connectivity index is 1.33. The SMILES string of the molecule is O=C(Nc1ccc(Cl)c(Cl)c1)[C@H](Cc1ccccc1)NC(=O)N1CC2CC(C1)c1cccc(=O)n1C2. The van der Waals surface area contributed by atoms with Crippen LogP contribution in [0.2, 0.25) is 10.0 Å². The van der Waals surface area contributed by atoms with E-state index in [4.69, 9.17) is 23.2 Å². The number of likely N-dealkylation sites (tertiary alicyclic amines) is 1. The van der Waals surface area contributed by atoms with Crippen LogP contribution in [0.3, 0.4) is 0 Å². The highest BCUT2D eigenvalue weighted by atomic mass is 35.5. The van der Waals surface area contributed by atoms with Gasteiger partial charge in [0.05, 0.1) is 10.0 Å². The van der Waals surface area contributed by atoms with Crippen LogP contribution >= 0.6 is 23.2 Å². The second-order valence-corrected chi connectivity index (χ2v) is 10.2. The van der Waals surface area contributed by atoms with Crippen LogP contribution in [0.5, 0.6) is 0 Å². The van der Waals surface area contributed by atoms with Crippen molar-refractivity contribution in [2.45, 2.75) is 31.3 Å². The van der Waals surface area contributed by atoms with E-state index in [1.165, 1.54) is 0 Å². The molecule has 1 aromatic heterocycles. The fraction of sp³-hybridized carbons (Fsp3) is 0.296. The van der Waals surface area contributed by atoms with Gasteiger partial charge in [0, 0.05) is 49.4 Å². The summed E-state index contributed by atoms with van der Waals surface area (Å²) in [5.41, 5.74) is 2.39. The van der Waals surface area contributed by atoms with Crippen molar-refractivity contribution in [3.63, 3.8) is 0 Å². The van der Waals surface area contributed by atoms with Crippen LogP contribution < -0.4 is 16.2 Å². The fourth-order valence-corrected chi connectivity index (χ4v) is 5.46. The highest BCUT2D eigenvalue weighted by Gasteiger charge is 2.37. The summed E-state index contributed by atoms with van der Waals surface area (Å²) < 4.78 is 1.83. The number of piperidine rings is 1. The van der Waals surface area contributed by atoms with Gasteiger partial charge < -0.3 is 20.1 Å². The Morgan fingerprint density at radius 1 is 0.944 bits per heavy atom. The first-order valence-electron chi connectivity index (χ1n) is 11.9. The van der Waals surface area contributed by atoms with Gasteiger partial charge in [0.15, 0.2) is 0 Å². The molecule has 0 radical (unpaired) electrons. The Kier molecular flexibility index (Phi) is 7.03. The van der Waals surface area contributed by atoms with E-state index in [9.17, 15) is 14.4 Å². The molecule has 2 aliphatic rings. The summed E-state index contributed by atoms with van der Waals surface area (Å²) in [6.07, 6.45) is 1.27. The minimum Gasteiger partial charge on any atom is -0.326 e. The number of urea groups is 1. The van der Waals surface area contributed by atoms with Gasteiger partial charge in [0.2, 0.25) is 5.91 Å². The number of anilines is 1. The van der Waals surface area contributed by atoms with E-state index in [0.717, 1.165) is 17.7 Å². The molecule has 0 aliphatic carbocycles. The summed E-state index contributed by atoms with van der Waals surface area (Å²) in [4.78, 5) is 40.7. The van der Waals surface area contributed by atoms with Gasteiger partial charge in [-0.2, -0.15) is 0 Å². The number of hydrogen-bond acceptors (Lipinski definition) is 3. The number of carbonyl (C=O) groups is 2. The molecule has 1 saturated heterocycles. The van der Waals surface area contributed by atoms with Gasteiger partial charge in [-0.05, 0) is 42.2 Å². The number of fused-ring (bicyclic) bond motifs is 4. The summed E-state index contributed by atoms with van der Waals surface area (Å²) in [7, 11) is 0. The molecule has 36 heavy (non-hydrogen) atoms. The van der Waals surface area contributed by atoms with Crippen molar-refractivity contribution in [3.8, 4) is 0 Å². The van der Waals surface area contributed by atoms with Crippen molar-refractivity contribution in [1.29, 1.82) is 0 Å². The summed E-state index contributed by atoms with van der Waals surface area (Å²) in [6, 6.07) is 18.6. The molecule has 3 amide bonds. The van der Waals surface area contributed by atoms with Gasteiger partial charge in [0.25, 0.3) is 5.56 Å². The van der Waals surface area contributed by atoms with Gasteiger partial charge >= 0.3 is 6.03 Å². The number of aromatic nitrogens is 1. The molecule has 1 fully saturated rings. The number of amides is 3. The lowest BCUT2D eigenvalue weighted by atomic mass is 9.83. The third-order valence-electron chi connectivity index (χ3n) is 6.85. The number of halogens is 2. The summed E-state index contributed by atoms with van der Waals surface area (Å²) in [5.74, 6) is -0.0610. The standard InChI is InChI=1S/C27H26Cl2N4O3/c28-21-10-9-20(13-22(21)29)30-26(35)23(12-17-5-2-1-3-6-17)31-27(36)32-14-18-11-19(16-32)24-7-4-8-25(34)33(24)15-18/h1-10,13,18-19,23H,11-12,14-16H2,(H,30,35)(H,31,36)/t18?,19?,23-/m0/s1. The number of pyridine rings is 1. The predicted octanol–water partition coefficient (Wildman–Crippen LogP) is 4.53. The zero-order valence-electron chi connectivity index (χ0n) is 19.5. The van der Waals surface area contributed by atoms with Gasteiger partial charge in [-0.25, -0.2) is 4.79 Å². The Bertz CT molecular complexity index is 1340. The Labute approximate surface area is 219 Å². The maximum absolute atomic E-state index is 13.4. The van der Waals surface area contributed by atoms with E-state index in [-0.39, 0.29) is 29.3 Å². The van der Waals surface area contributed by atoms with Crippen molar-refractivity contribution in [3.05, 3.63) is 98.4 Å². The molecule has 3 aromatic rings. The molecule has 0 spiro atoms. The normalized spacial score (nSPS) is 19.2. The minimum atomic E-state index is -0.800. The average Bonchev–Trinajstić information content (AvgIpc) is 2.87. The Morgan fingerprint density at radius 2 is 1.75 bits per heavy atom. The lowest BCUT2D eigenvalue weighted by Gasteiger charge is -2.43. The lowest BCUT2D eigenvalue weighted by Crippen LogP contribution is -2.55. The first-order chi connectivity index (χ1) is 17.4. The Morgan fingerprint density at radius 3 is 2.53 bits per heavy atom. The first kappa shape index (κ1) is 24.4. The molecule has 9 heteroatoms. The number of nitrogens with one attached hydrogen (secondary N) is 2. The molecule has 2 aromatic carbocycles. The maximum atomic E-state index is 13.4. The van der Waals surface area contributed by atoms with Crippen LogP contribution in [0.15, 0.2) is 71.5 Å². The van der Waals surface area contributed by atoms with Crippen LogP contribution in [-0.2, 0) is 17.8 Å². The number of nitrogens with zero attached hydrogens (tertiary/aromatic N) is 2. The number of benzene rings is 2. The van der Waals surface area contributed by atoms with Crippen molar-refractivity contribution in [1.82, 2.24) is 14.8 Å². The van der Waals surface area contributed by atoms with E-state index in [0.29, 0.717) is 41.8 Å². The van der Waals surface area contributed by atoms with Gasteiger partial charge in [0.1, 0.15) is 6.04 Å². The van der Waals surface area contributed by atoms with E-state index >= 15 is 0 Å². The molecule has 7 nitrogen and oxygen atoms in total.